The summed E-state index contributed by atoms with van der Waals surface area (Å²) in [6.07, 6.45) is 2.78. The maximum Gasteiger partial charge on any atom is 0.0645 e. The standard InChI is InChI=1S/C12H16O2/c1-14-8-7-12(10-13)9-11-5-3-2-4-6-11/h2-6,9,13H,7-8,10H2,1H3. The Labute approximate surface area is 84.8 Å². The molecule has 0 atom stereocenters. The van der Waals surface area contributed by atoms with Gasteiger partial charge in [0.15, 0.2) is 0 Å². The number of methoxy groups -OCH3 is 1. The Balaban J connectivity index is 2.64. The van der Waals surface area contributed by atoms with Gasteiger partial charge in [0.25, 0.3) is 0 Å². The monoisotopic (exact) mass is 192 g/mol. The van der Waals surface area contributed by atoms with Crippen molar-refractivity contribution in [3.8, 4) is 0 Å². The molecular formula is C12H16O2. The lowest BCUT2D eigenvalue weighted by Gasteiger charge is -2.03. The highest BCUT2D eigenvalue weighted by Gasteiger charge is 1.95. The van der Waals surface area contributed by atoms with Crippen LogP contribution in [0.2, 0.25) is 0 Å². The zero-order chi connectivity index (χ0) is 10.2. The Hall–Kier alpha value is -1.12. The van der Waals surface area contributed by atoms with Crippen molar-refractivity contribution in [2.75, 3.05) is 20.3 Å². The van der Waals surface area contributed by atoms with Gasteiger partial charge in [-0.05, 0) is 17.6 Å². The summed E-state index contributed by atoms with van der Waals surface area (Å²) in [5.74, 6) is 0. The summed E-state index contributed by atoms with van der Waals surface area (Å²) in [7, 11) is 1.66. The van der Waals surface area contributed by atoms with Gasteiger partial charge >= 0.3 is 0 Å². The van der Waals surface area contributed by atoms with Crippen molar-refractivity contribution in [2.24, 2.45) is 0 Å². The molecule has 0 aliphatic heterocycles. The second kappa shape index (κ2) is 6.35. The zero-order valence-electron chi connectivity index (χ0n) is 8.44. The van der Waals surface area contributed by atoms with Crippen LogP contribution < -0.4 is 0 Å². The van der Waals surface area contributed by atoms with Gasteiger partial charge < -0.3 is 9.84 Å². The van der Waals surface area contributed by atoms with Crippen LogP contribution in [0.25, 0.3) is 6.08 Å². The molecule has 0 fully saturated rings. The average Bonchev–Trinajstić information content (AvgIpc) is 2.25. The van der Waals surface area contributed by atoms with Gasteiger partial charge in [0, 0.05) is 13.7 Å². The van der Waals surface area contributed by atoms with E-state index >= 15 is 0 Å². The Kier molecular flexibility index (Phi) is 4.97. The van der Waals surface area contributed by atoms with E-state index in [1.54, 1.807) is 7.11 Å². The smallest absolute Gasteiger partial charge is 0.0645 e. The van der Waals surface area contributed by atoms with Crippen molar-refractivity contribution in [2.45, 2.75) is 6.42 Å². The second-order valence-corrected chi connectivity index (χ2v) is 3.11. The first-order chi connectivity index (χ1) is 6.86. The van der Waals surface area contributed by atoms with Gasteiger partial charge in [-0.3, -0.25) is 0 Å². The molecule has 2 nitrogen and oxygen atoms in total. The van der Waals surface area contributed by atoms with Gasteiger partial charge in [-0.1, -0.05) is 36.4 Å². The third-order valence-corrected chi connectivity index (χ3v) is 2.00. The van der Waals surface area contributed by atoms with Gasteiger partial charge in [-0.25, -0.2) is 0 Å². The predicted octanol–water partition coefficient (Wildman–Crippen LogP) is 2.10. The molecule has 0 radical (unpaired) electrons. The molecule has 0 aliphatic rings. The van der Waals surface area contributed by atoms with Crippen molar-refractivity contribution in [1.82, 2.24) is 0 Å². The summed E-state index contributed by atoms with van der Waals surface area (Å²) < 4.78 is 4.96. The molecule has 1 rings (SSSR count). The lowest BCUT2D eigenvalue weighted by atomic mass is 10.1. The highest BCUT2D eigenvalue weighted by Crippen LogP contribution is 2.08. The lowest BCUT2D eigenvalue weighted by molar-refractivity contribution is 0.197. The summed E-state index contributed by atoms with van der Waals surface area (Å²) in [6.45, 7) is 0.748. The summed E-state index contributed by atoms with van der Waals surface area (Å²) in [6, 6.07) is 9.98. The SMILES string of the molecule is COCCC(=Cc1ccccc1)CO. The van der Waals surface area contributed by atoms with E-state index in [9.17, 15) is 0 Å². The quantitative estimate of drug-likeness (QED) is 0.774. The van der Waals surface area contributed by atoms with E-state index in [1.165, 1.54) is 0 Å². The summed E-state index contributed by atoms with van der Waals surface area (Å²) in [4.78, 5) is 0. The molecule has 2 heteroatoms. The lowest BCUT2D eigenvalue weighted by Crippen LogP contribution is -1.96. The van der Waals surface area contributed by atoms with E-state index in [1.807, 2.05) is 36.4 Å². The first-order valence-electron chi connectivity index (χ1n) is 4.71. The molecule has 1 aromatic carbocycles. The Morgan fingerprint density at radius 1 is 1.36 bits per heavy atom. The fraction of sp³-hybridized carbons (Fsp3) is 0.333. The van der Waals surface area contributed by atoms with E-state index in [0.717, 1.165) is 17.6 Å². The van der Waals surface area contributed by atoms with Crippen LogP contribution in [0.4, 0.5) is 0 Å². The molecule has 76 valence electrons. The van der Waals surface area contributed by atoms with Gasteiger partial charge in [0.05, 0.1) is 6.61 Å². The van der Waals surface area contributed by atoms with Crippen LogP contribution in [0.1, 0.15) is 12.0 Å². The summed E-state index contributed by atoms with van der Waals surface area (Å²) >= 11 is 0. The van der Waals surface area contributed by atoms with Crippen LogP contribution in [-0.2, 0) is 4.74 Å². The minimum Gasteiger partial charge on any atom is -0.392 e. The Morgan fingerprint density at radius 2 is 2.07 bits per heavy atom. The maximum atomic E-state index is 9.09. The molecule has 0 saturated carbocycles. The largest absolute Gasteiger partial charge is 0.392 e. The van der Waals surface area contributed by atoms with Gasteiger partial charge in [-0.2, -0.15) is 0 Å². The topological polar surface area (TPSA) is 29.5 Å². The number of aliphatic hydroxyl groups excluding tert-OH is 1. The maximum absolute atomic E-state index is 9.09. The molecule has 0 saturated heterocycles. The third kappa shape index (κ3) is 3.73. The van der Waals surface area contributed by atoms with Gasteiger partial charge in [0.1, 0.15) is 0 Å². The van der Waals surface area contributed by atoms with E-state index in [-0.39, 0.29) is 6.61 Å². The first kappa shape index (κ1) is 11.0. The molecular weight excluding hydrogens is 176 g/mol. The van der Waals surface area contributed by atoms with Crippen LogP contribution in [0.15, 0.2) is 35.9 Å². The molecule has 0 bridgehead atoms. The molecule has 0 unspecified atom stereocenters. The number of hydrogen-bond acceptors (Lipinski definition) is 2. The second-order valence-electron chi connectivity index (χ2n) is 3.11. The molecule has 14 heavy (non-hydrogen) atoms. The van der Waals surface area contributed by atoms with Crippen LogP contribution >= 0.6 is 0 Å². The summed E-state index contributed by atoms with van der Waals surface area (Å²) in [5.41, 5.74) is 2.12. The van der Waals surface area contributed by atoms with Gasteiger partial charge in [0.2, 0.25) is 0 Å². The van der Waals surface area contributed by atoms with E-state index < -0.39 is 0 Å². The molecule has 0 aliphatic carbocycles. The zero-order valence-corrected chi connectivity index (χ0v) is 8.44. The Bertz CT molecular complexity index is 278. The third-order valence-electron chi connectivity index (χ3n) is 2.00. The van der Waals surface area contributed by atoms with Crippen LogP contribution in [0, 0.1) is 0 Å². The van der Waals surface area contributed by atoms with Crippen LogP contribution in [0.5, 0.6) is 0 Å². The van der Waals surface area contributed by atoms with E-state index in [4.69, 9.17) is 9.84 Å². The number of aliphatic hydroxyl groups is 1. The minimum absolute atomic E-state index is 0.0955. The van der Waals surface area contributed by atoms with Crippen molar-refractivity contribution in [1.29, 1.82) is 0 Å². The highest BCUT2D eigenvalue weighted by molar-refractivity contribution is 5.52. The summed E-state index contributed by atoms with van der Waals surface area (Å²) in [5, 5.41) is 9.09. The van der Waals surface area contributed by atoms with Crippen molar-refractivity contribution in [3.63, 3.8) is 0 Å². The Morgan fingerprint density at radius 3 is 2.64 bits per heavy atom. The molecule has 0 amide bonds. The molecule has 0 aromatic heterocycles. The molecule has 1 aromatic rings. The van der Waals surface area contributed by atoms with Crippen molar-refractivity contribution in [3.05, 3.63) is 41.5 Å². The molecule has 1 N–H and O–H groups in total. The predicted molar refractivity (Wildman–Crippen MR) is 58.0 cm³/mol. The molecule has 0 heterocycles. The fourth-order valence-electron chi connectivity index (χ4n) is 1.21. The van der Waals surface area contributed by atoms with Crippen LogP contribution in [-0.4, -0.2) is 25.4 Å². The fourth-order valence-corrected chi connectivity index (χ4v) is 1.21. The molecule has 0 spiro atoms. The van der Waals surface area contributed by atoms with Crippen LogP contribution in [0.3, 0.4) is 0 Å². The van der Waals surface area contributed by atoms with Crippen molar-refractivity contribution < 1.29 is 9.84 Å². The highest BCUT2D eigenvalue weighted by atomic mass is 16.5. The normalized spacial score (nSPS) is 11.7. The van der Waals surface area contributed by atoms with E-state index in [2.05, 4.69) is 0 Å². The first-order valence-corrected chi connectivity index (χ1v) is 4.71. The number of hydrogen-bond donors (Lipinski definition) is 1. The number of ether oxygens (including phenoxy) is 1. The number of benzene rings is 1. The van der Waals surface area contributed by atoms with Crippen molar-refractivity contribution >= 4 is 6.08 Å². The number of rotatable bonds is 5. The van der Waals surface area contributed by atoms with Gasteiger partial charge in [-0.15, -0.1) is 0 Å². The van der Waals surface area contributed by atoms with E-state index in [0.29, 0.717) is 6.61 Å². The average molecular weight is 192 g/mol. The minimum atomic E-state index is 0.0955.